The summed E-state index contributed by atoms with van der Waals surface area (Å²) < 4.78 is 33.9. The lowest BCUT2D eigenvalue weighted by molar-refractivity contribution is 0.264. The predicted molar refractivity (Wildman–Crippen MR) is 88.4 cm³/mol. The first-order valence-corrected chi connectivity index (χ1v) is 9.13. The summed E-state index contributed by atoms with van der Waals surface area (Å²) in [4.78, 5) is 0.245. The molecule has 6 nitrogen and oxygen atoms in total. The van der Waals surface area contributed by atoms with Crippen LogP contribution in [0.5, 0.6) is 5.75 Å². The molecule has 0 spiro atoms. The fraction of sp³-hybridized carbons (Fsp3) is 0.176. The number of sulfone groups is 1. The van der Waals surface area contributed by atoms with E-state index in [1.54, 1.807) is 12.1 Å². The molecular formula is C17H16N2O4S. The summed E-state index contributed by atoms with van der Waals surface area (Å²) in [5.74, 6) is 1.30. The van der Waals surface area contributed by atoms with E-state index in [4.69, 9.17) is 9.15 Å². The molecular weight excluding hydrogens is 328 g/mol. The quantitative estimate of drug-likeness (QED) is 0.707. The molecule has 1 heterocycles. The van der Waals surface area contributed by atoms with Gasteiger partial charge in [-0.3, -0.25) is 0 Å². The van der Waals surface area contributed by atoms with Gasteiger partial charge < -0.3 is 9.15 Å². The Bertz CT molecular complexity index is 929. The van der Waals surface area contributed by atoms with Gasteiger partial charge in [-0.1, -0.05) is 17.7 Å². The first-order valence-electron chi connectivity index (χ1n) is 7.24. The smallest absolute Gasteiger partial charge is 0.254 e. The lowest BCUT2D eigenvalue weighted by atomic mass is 10.1. The van der Waals surface area contributed by atoms with Crippen LogP contribution in [0.4, 0.5) is 0 Å². The zero-order valence-electron chi connectivity index (χ0n) is 13.3. The fourth-order valence-corrected chi connectivity index (χ4v) is 2.68. The largest absolute Gasteiger partial charge is 0.484 e. The first kappa shape index (κ1) is 16.2. The van der Waals surface area contributed by atoms with Gasteiger partial charge in [-0.15, -0.1) is 10.2 Å². The molecule has 0 amide bonds. The van der Waals surface area contributed by atoms with Gasteiger partial charge in [0.2, 0.25) is 5.89 Å². The van der Waals surface area contributed by atoms with Crippen molar-refractivity contribution in [2.75, 3.05) is 6.26 Å². The number of aromatic nitrogens is 2. The normalized spacial score (nSPS) is 11.4. The summed E-state index contributed by atoms with van der Waals surface area (Å²) in [6.45, 7) is 2.11. The van der Waals surface area contributed by atoms with Crippen molar-refractivity contribution in [3.8, 4) is 17.2 Å². The molecule has 7 heteroatoms. The van der Waals surface area contributed by atoms with Gasteiger partial charge in [0.05, 0.1) is 4.90 Å². The summed E-state index contributed by atoms with van der Waals surface area (Å²) in [6.07, 6.45) is 1.16. The highest BCUT2D eigenvalue weighted by molar-refractivity contribution is 7.90. The van der Waals surface area contributed by atoms with Crippen molar-refractivity contribution in [3.05, 3.63) is 60.0 Å². The number of aryl methyl sites for hydroxylation is 1. The van der Waals surface area contributed by atoms with Crippen LogP contribution in [0.3, 0.4) is 0 Å². The van der Waals surface area contributed by atoms with E-state index in [1.807, 2.05) is 31.2 Å². The lowest BCUT2D eigenvalue weighted by Gasteiger charge is -2.04. The van der Waals surface area contributed by atoms with Gasteiger partial charge in [-0.25, -0.2) is 8.42 Å². The third-order valence-corrected chi connectivity index (χ3v) is 4.51. The Balaban J connectivity index is 1.66. The van der Waals surface area contributed by atoms with E-state index >= 15 is 0 Å². The highest BCUT2D eigenvalue weighted by atomic mass is 32.2. The topological polar surface area (TPSA) is 82.3 Å². The third-order valence-electron chi connectivity index (χ3n) is 3.38. The Morgan fingerprint density at radius 3 is 2.29 bits per heavy atom. The Morgan fingerprint density at radius 1 is 1.00 bits per heavy atom. The minimum Gasteiger partial charge on any atom is -0.484 e. The van der Waals surface area contributed by atoms with E-state index in [0.717, 1.165) is 17.4 Å². The molecule has 0 aliphatic rings. The van der Waals surface area contributed by atoms with Gasteiger partial charge >= 0.3 is 0 Å². The number of ether oxygens (including phenoxy) is 1. The summed E-state index contributed by atoms with van der Waals surface area (Å²) in [6, 6.07) is 13.9. The van der Waals surface area contributed by atoms with E-state index in [9.17, 15) is 8.42 Å². The SMILES string of the molecule is Cc1ccc(-c2nnc(COc3ccc(S(C)(=O)=O)cc3)o2)cc1. The van der Waals surface area contributed by atoms with Crippen molar-refractivity contribution in [1.82, 2.24) is 10.2 Å². The molecule has 0 aliphatic heterocycles. The van der Waals surface area contributed by atoms with Crippen molar-refractivity contribution in [2.45, 2.75) is 18.4 Å². The average molecular weight is 344 g/mol. The molecule has 124 valence electrons. The van der Waals surface area contributed by atoms with E-state index in [0.29, 0.717) is 17.5 Å². The lowest BCUT2D eigenvalue weighted by Crippen LogP contribution is -1.98. The van der Waals surface area contributed by atoms with E-state index in [2.05, 4.69) is 10.2 Å². The van der Waals surface area contributed by atoms with E-state index in [-0.39, 0.29) is 11.5 Å². The fourth-order valence-electron chi connectivity index (χ4n) is 2.05. The third kappa shape index (κ3) is 3.80. The van der Waals surface area contributed by atoms with Crippen molar-refractivity contribution < 1.29 is 17.6 Å². The van der Waals surface area contributed by atoms with Gasteiger partial charge in [0.25, 0.3) is 5.89 Å². The molecule has 2 aromatic carbocycles. The summed E-state index contributed by atoms with van der Waals surface area (Å²) in [5.41, 5.74) is 2.00. The minimum absolute atomic E-state index is 0.108. The Labute approximate surface area is 140 Å². The maximum absolute atomic E-state index is 11.4. The maximum atomic E-state index is 11.4. The summed E-state index contributed by atoms with van der Waals surface area (Å²) >= 11 is 0. The molecule has 3 aromatic rings. The van der Waals surface area contributed by atoms with Crippen LogP contribution >= 0.6 is 0 Å². The van der Waals surface area contributed by atoms with Crippen molar-refractivity contribution in [3.63, 3.8) is 0 Å². The Hall–Kier alpha value is -2.67. The molecule has 0 bridgehead atoms. The molecule has 0 atom stereocenters. The van der Waals surface area contributed by atoms with Gasteiger partial charge in [0, 0.05) is 11.8 Å². The molecule has 0 N–H and O–H groups in total. The van der Waals surface area contributed by atoms with Gasteiger partial charge in [0.15, 0.2) is 16.4 Å². The molecule has 3 rings (SSSR count). The molecule has 0 aliphatic carbocycles. The van der Waals surface area contributed by atoms with Crippen molar-refractivity contribution in [2.24, 2.45) is 0 Å². The number of hydrogen-bond acceptors (Lipinski definition) is 6. The monoisotopic (exact) mass is 344 g/mol. The van der Waals surface area contributed by atoms with Crippen LogP contribution in [0.25, 0.3) is 11.5 Å². The summed E-state index contributed by atoms with van der Waals surface area (Å²) in [7, 11) is -3.21. The predicted octanol–water partition coefficient (Wildman–Crippen LogP) is 3.03. The molecule has 0 fully saturated rings. The zero-order chi connectivity index (χ0) is 17.2. The highest BCUT2D eigenvalue weighted by Crippen LogP contribution is 2.20. The van der Waals surface area contributed by atoms with Crippen molar-refractivity contribution >= 4 is 9.84 Å². The summed E-state index contributed by atoms with van der Waals surface area (Å²) in [5, 5.41) is 7.95. The number of rotatable bonds is 5. The van der Waals surface area contributed by atoms with Crippen molar-refractivity contribution in [1.29, 1.82) is 0 Å². The number of nitrogens with zero attached hydrogens (tertiary/aromatic N) is 2. The van der Waals surface area contributed by atoms with Crippen LogP contribution < -0.4 is 4.74 Å². The zero-order valence-corrected chi connectivity index (χ0v) is 14.1. The Kier molecular flexibility index (Phi) is 4.35. The molecule has 24 heavy (non-hydrogen) atoms. The van der Waals surface area contributed by atoms with Gasteiger partial charge in [-0.2, -0.15) is 0 Å². The van der Waals surface area contributed by atoms with Gasteiger partial charge in [0.1, 0.15) is 5.75 Å². The molecule has 0 saturated heterocycles. The van der Waals surface area contributed by atoms with E-state index in [1.165, 1.54) is 12.1 Å². The van der Waals surface area contributed by atoms with Gasteiger partial charge in [-0.05, 0) is 43.3 Å². The molecule has 1 aromatic heterocycles. The second-order valence-electron chi connectivity index (χ2n) is 5.40. The second kappa shape index (κ2) is 6.45. The first-order chi connectivity index (χ1) is 11.4. The number of benzene rings is 2. The van der Waals surface area contributed by atoms with Crippen LogP contribution in [0, 0.1) is 6.92 Å². The minimum atomic E-state index is -3.21. The van der Waals surface area contributed by atoms with Crippen LogP contribution in [0.2, 0.25) is 0 Å². The van der Waals surface area contributed by atoms with Crippen LogP contribution in [-0.4, -0.2) is 24.9 Å². The highest BCUT2D eigenvalue weighted by Gasteiger charge is 2.10. The van der Waals surface area contributed by atoms with Crippen LogP contribution in [0.15, 0.2) is 57.8 Å². The standard InChI is InChI=1S/C17H16N2O4S/c1-12-3-5-13(6-4-12)17-19-18-16(23-17)11-22-14-7-9-15(10-8-14)24(2,20)21/h3-10H,11H2,1-2H3. The number of hydrogen-bond donors (Lipinski definition) is 0. The van der Waals surface area contributed by atoms with Crippen LogP contribution in [0.1, 0.15) is 11.5 Å². The maximum Gasteiger partial charge on any atom is 0.254 e. The molecule has 0 saturated carbocycles. The van der Waals surface area contributed by atoms with E-state index < -0.39 is 9.84 Å². The van der Waals surface area contributed by atoms with Crippen LogP contribution in [-0.2, 0) is 16.4 Å². The average Bonchev–Trinajstić information content (AvgIpc) is 3.02. The molecule has 0 unspecified atom stereocenters. The molecule has 0 radical (unpaired) electrons. The second-order valence-corrected chi connectivity index (χ2v) is 7.41. The Morgan fingerprint density at radius 2 is 1.67 bits per heavy atom.